The molecule has 2 rings (SSSR count). The second-order valence-electron chi connectivity index (χ2n) is 5.02. The van der Waals surface area contributed by atoms with Gasteiger partial charge < -0.3 is 16.0 Å². The topological polar surface area (TPSA) is 75.4 Å². The Labute approximate surface area is 119 Å². The number of benzene rings is 1. The predicted octanol–water partition coefficient (Wildman–Crippen LogP) is 0.756. The molecule has 0 bridgehead atoms. The molecule has 1 aliphatic rings. The summed E-state index contributed by atoms with van der Waals surface area (Å²) in [4.78, 5) is 25.6. The van der Waals surface area contributed by atoms with E-state index < -0.39 is 0 Å². The second kappa shape index (κ2) is 7.05. The van der Waals surface area contributed by atoms with E-state index in [1.54, 1.807) is 17.0 Å². The quantitative estimate of drug-likeness (QED) is 0.851. The highest BCUT2D eigenvalue weighted by Gasteiger charge is 2.26. The monoisotopic (exact) mass is 275 g/mol. The Kier molecular flexibility index (Phi) is 5.12. The van der Waals surface area contributed by atoms with Crippen LogP contribution in [0.5, 0.6) is 0 Å². The van der Waals surface area contributed by atoms with Gasteiger partial charge in [-0.2, -0.15) is 0 Å². The largest absolute Gasteiger partial charge is 0.350 e. The molecule has 1 atom stereocenters. The number of hydrogen-bond donors (Lipinski definition) is 2. The zero-order valence-electron chi connectivity index (χ0n) is 11.5. The number of nitrogens with two attached hydrogens (primary N) is 1. The summed E-state index contributed by atoms with van der Waals surface area (Å²) in [6.45, 7) is 1.25. The van der Waals surface area contributed by atoms with E-state index in [-0.39, 0.29) is 24.4 Å². The van der Waals surface area contributed by atoms with Gasteiger partial charge in [0.1, 0.15) is 0 Å². The highest BCUT2D eigenvalue weighted by atomic mass is 16.2. The van der Waals surface area contributed by atoms with Crippen LogP contribution >= 0.6 is 0 Å². The lowest BCUT2D eigenvalue weighted by Gasteiger charge is -2.35. The Balaban J connectivity index is 1.91. The Morgan fingerprint density at radius 3 is 2.70 bits per heavy atom. The lowest BCUT2D eigenvalue weighted by Crippen LogP contribution is -2.51. The number of hydrogen-bond acceptors (Lipinski definition) is 3. The summed E-state index contributed by atoms with van der Waals surface area (Å²) < 4.78 is 0. The molecule has 1 aromatic carbocycles. The summed E-state index contributed by atoms with van der Waals surface area (Å²) in [6.07, 6.45) is 3.01. The van der Waals surface area contributed by atoms with Crippen molar-refractivity contribution in [3.05, 3.63) is 35.9 Å². The summed E-state index contributed by atoms with van der Waals surface area (Å²) in [6, 6.07) is 9.16. The van der Waals surface area contributed by atoms with Gasteiger partial charge in [-0.15, -0.1) is 0 Å². The first-order chi connectivity index (χ1) is 9.72. The highest BCUT2D eigenvalue weighted by Crippen LogP contribution is 2.16. The van der Waals surface area contributed by atoms with E-state index in [0.717, 1.165) is 25.8 Å². The standard InChI is InChI=1S/C15H21N3O2/c16-10-14(19)18-9-5-4-8-13(18)11-17-15(20)12-6-2-1-3-7-12/h1-3,6-7,13H,4-5,8-11,16H2,(H,17,20). The maximum atomic E-state index is 12.0. The first-order valence-corrected chi connectivity index (χ1v) is 7.05. The maximum Gasteiger partial charge on any atom is 0.251 e. The van der Waals surface area contributed by atoms with Gasteiger partial charge in [-0.1, -0.05) is 18.2 Å². The molecule has 5 heteroatoms. The van der Waals surface area contributed by atoms with Crippen LogP contribution in [0.15, 0.2) is 30.3 Å². The molecule has 5 nitrogen and oxygen atoms in total. The molecule has 1 unspecified atom stereocenters. The van der Waals surface area contributed by atoms with Crippen molar-refractivity contribution in [2.45, 2.75) is 25.3 Å². The van der Waals surface area contributed by atoms with Gasteiger partial charge in [-0.05, 0) is 31.4 Å². The molecule has 1 fully saturated rings. The second-order valence-corrected chi connectivity index (χ2v) is 5.02. The Morgan fingerprint density at radius 1 is 1.25 bits per heavy atom. The van der Waals surface area contributed by atoms with E-state index in [1.165, 1.54) is 0 Å². The first-order valence-electron chi connectivity index (χ1n) is 7.05. The minimum absolute atomic E-state index is 0.0309. The Hall–Kier alpha value is -1.88. The van der Waals surface area contributed by atoms with Gasteiger partial charge in [0.15, 0.2) is 0 Å². The fourth-order valence-electron chi connectivity index (χ4n) is 2.56. The van der Waals surface area contributed by atoms with E-state index in [1.807, 2.05) is 18.2 Å². The van der Waals surface area contributed by atoms with Gasteiger partial charge in [-0.3, -0.25) is 9.59 Å². The minimum atomic E-state index is -0.101. The lowest BCUT2D eigenvalue weighted by atomic mass is 10.0. The summed E-state index contributed by atoms with van der Waals surface area (Å²) in [5.41, 5.74) is 6.07. The number of nitrogens with one attached hydrogen (secondary N) is 1. The van der Waals surface area contributed by atoms with Crippen LogP contribution in [0.4, 0.5) is 0 Å². The maximum absolute atomic E-state index is 12.0. The number of nitrogens with zero attached hydrogens (tertiary/aromatic N) is 1. The van der Waals surface area contributed by atoms with E-state index in [9.17, 15) is 9.59 Å². The van der Waals surface area contributed by atoms with Crippen LogP contribution in [0.3, 0.4) is 0 Å². The Bertz CT molecular complexity index is 461. The zero-order chi connectivity index (χ0) is 14.4. The van der Waals surface area contributed by atoms with Crippen LogP contribution in [0, 0.1) is 0 Å². The molecule has 20 heavy (non-hydrogen) atoms. The SMILES string of the molecule is NCC(=O)N1CCCCC1CNC(=O)c1ccccc1. The molecule has 0 radical (unpaired) electrons. The fraction of sp³-hybridized carbons (Fsp3) is 0.467. The van der Waals surface area contributed by atoms with Crippen LogP contribution in [-0.2, 0) is 4.79 Å². The van der Waals surface area contributed by atoms with Crippen LogP contribution in [-0.4, -0.2) is 42.4 Å². The van der Waals surface area contributed by atoms with Crippen molar-refractivity contribution >= 4 is 11.8 Å². The molecule has 108 valence electrons. The molecule has 1 aliphatic heterocycles. The van der Waals surface area contributed by atoms with Gasteiger partial charge >= 0.3 is 0 Å². The number of amides is 2. The average Bonchev–Trinajstić information content (AvgIpc) is 2.53. The van der Waals surface area contributed by atoms with Gasteiger partial charge in [-0.25, -0.2) is 0 Å². The third kappa shape index (κ3) is 3.57. The van der Waals surface area contributed by atoms with Gasteiger partial charge in [0.05, 0.1) is 6.54 Å². The summed E-state index contributed by atoms with van der Waals surface area (Å²) >= 11 is 0. The third-order valence-corrected chi connectivity index (χ3v) is 3.66. The van der Waals surface area contributed by atoms with Crippen molar-refractivity contribution < 1.29 is 9.59 Å². The molecule has 0 spiro atoms. The lowest BCUT2D eigenvalue weighted by molar-refractivity contribution is -0.133. The molecule has 0 aliphatic carbocycles. The van der Waals surface area contributed by atoms with E-state index in [0.29, 0.717) is 12.1 Å². The van der Waals surface area contributed by atoms with Crippen molar-refractivity contribution in [2.75, 3.05) is 19.6 Å². The van der Waals surface area contributed by atoms with Gasteiger partial charge in [0.25, 0.3) is 5.91 Å². The van der Waals surface area contributed by atoms with Crippen molar-refractivity contribution in [3.8, 4) is 0 Å². The first kappa shape index (κ1) is 14.5. The molecule has 2 amide bonds. The van der Waals surface area contributed by atoms with Crippen LogP contribution in [0.2, 0.25) is 0 Å². The molecule has 3 N–H and O–H groups in total. The number of rotatable bonds is 4. The van der Waals surface area contributed by atoms with Crippen molar-refractivity contribution in [1.29, 1.82) is 0 Å². The van der Waals surface area contributed by atoms with Gasteiger partial charge in [0.2, 0.25) is 5.91 Å². The average molecular weight is 275 g/mol. The number of carbonyl (C=O) groups is 2. The van der Waals surface area contributed by atoms with Crippen LogP contribution in [0.25, 0.3) is 0 Å². The molecular weight excluding hydrogens is 254 g/mol. The molecule has 0 saturated carbocycles. The minimum Gasteiger partial charge on any atom is -0.350 e. The smallest absolute Gasteiger partial charge is 0.251 e. The predicted molar refractivity (Wildman–Crippen MR) is 77.2 cm³/mol. The number of likely N-dealkylation sites (tertiary alicyclic amines) is 1. The zero-order valence-corrected chi connectivity index (χ0v) is 11.5. The Morgan fingerprint density at radius 2 is 2.00 bits per heavy atom. The van der Waals surface area contributed by atoms with Crippen LogP contribution < -0.4 is 11.1 Å². The fourth-order valence-corrected chi connectivity index (χ4v) is 2.56. The summed E-state index contributed by atoms with van der Waals surface area (Å²) in [5.74, 6) is -0.139. The molecular formula is C15H21N3O2. The number of piperidine rings is 1. The van der Waals surface area contributed by atoms with E-state index >= 15 is 0 Å². The molecule has 1 saturated heterocycles. The molecule has 0 aromatic heterocycles. The van der Waals surface area contributed by atoms with Crippen molar-refractivity contribution in [1.82, 2.24) is 10.2 Å². The number of carbonyl (C=O) groups excluding carboxylic acids is 2. The molecule has 1 aromatic rings. The van der Waals surface area contributed by atoms with Crippen molar-refractivity contribution in [3.63, 3.8) is 0 Å². The van der Waals surface area contributed by atoms with E-state index in [2.05, 4.69) is 5.32 Å². The van der Waals surface area contributed by atoms with Crippen LogP contribution in [0.1, 0.15) is 29.6 Å². The van der Waals surface area contributed by atoms with E-state index in [4.69, 9.17) is 5.73 Å². The van der Waals surface area contributed by atoms with Gasteiger partial charge in [0, 0.05) is 24.7 Å². The summed E-state index contributed by atoms with van der Waals surface area (Å²) in [5, 5.41) is 2.90. The third-order valence-electron chi connectivity index (χ3n) is 3.66. The highest BCUT2D eigenvalue weighted by molar-refractivity contribution is 5.94. The normalized spacial score (nSPS) is 18.6. The molecule has 1 heterocycles. The van der Waals surface area contributed by atoms with Crippen molar-refractivity contribution in [2.24, 2.45) is 5.73 Å². The summed E-state index contributed by atoms with van der Waals surface area (Å²) in [7, 11) is 0.